The number of hydrogen-bond acceptors (Lipinski definition) is 7. The molecule has 4 N–H and O–H groups in total. The van der Waals surface area contributed by atoms with E-state index in [4.69, 9.17) is 4.74 Å². The number of imide groups is 1. The van der Waals surface area contributed by atoms with E-state index in [1.54, 1.807) is 12.1 Å². The Morgan fingerprint density at radius 2 is 1.71 bits per heavy atom. The lowest BCUT2D eigenvalue weighted by Gasteiger charge is -2.34. The van der Waals surface area contributed by atoms with Crippen LogP contribution in [0.3, 0.4) is 0 Å². The first kappa shape index (κ1) is 24.7. The van der Waals surface area contributed by atoms with E-state index in [1.807, 2.05) is 32.0 Å². The number of carbonyl (C=O) groups is 3. The molecular weight excluding hydrogens is 452 g/mol. The van der Waals surface area contributed by atoms with Crippen molar-refractivity contribution in [2.45, 2.75) is 51.3 Å². The summed E-state index contributed by atoms with van der Waals surface area (Å²) in [5.41, 5.74) is 0.126. The van der Waals surface area contributed by atoms with Crippen LogP contribution in [0.5, 0.6) is 11.5 Å². The minimum absolute atomic E-state index is 0.143. The number of aliphatic hydroxyl groups excluding tert-OH is 1. The van der Waals surface area contributed by atoms with Crippen LogP contribution < -0.4 is 15.0 Å². The first-order chi connectivity index (χ1) is 16.6. The van der Waals surface area contributed by atoms with Crippen molar-refractivity contribution in [1.29, 1.82) is 0 Å². The summed E-state index contributed by atoms with van der Waals surface area (Å²) in [5, 5.41) is 34.7. The van der Waals surface area contributed by atoms with E-state index in [1.165, 1.54) is 20.1 Å². The number of benzene rings is 2. The summed E-state index contributed by atoms with van der Waals surface area (Å²) in [6, 6.07) is 9.17. The average Bonchev–Trinajstić information content (AvgIpc) is 3.33. The molecule has 0 aliphatic carbocycles. The Bertz CT molecular complexity index is 1170. The standard InChI is InChI=1S/C26H30N2O7/c1-5-14-9-7-10-15(6-2)21(14)28-23(31)18-19(24(28)32)26(13(3)29,25(33)34)27-20(18)16-11-8-12-17(35-4)22(16)30/h7-13,18-20,27,29-30H,5-6H2,1-4H3,(H,33,34). The number of carboxylic acid groups (broad SMARTS) is 1. The quantitative estimate of drug-likeness (QED) is 0.441. The number of nitrogens with zero attached hydrogens (tertiary/aromatic N) is 1. The smallest absolute Gasteiger partial charge is 0.327 e. The number of methoxy groups -OCH3 is 1. The van der Waals surface area contributed by atoms with E-state index in [9.17, 15) is 29.7 Å². The molecule has 5 unspecified atom stereocenters. The molecule has 9 nitrogen and oxygen atoms in total. The van der Waals surface area contributed by atoms with Gasteiger partial charge in [-0.05, 0) is 37.0 Å². The Hall–Kier alpha value is -3.43. The molecule has 0 spiro atoms. The largest absolute Gasteiger partial charge is 0.504 e. The van der Waals surface area contributed by atoms with E-state index in [0.29, 0.717) is 18.5 Å². The average molecular weight is 483 g/mol. The van der Waals surface area contributed by atoms with E-state index >= 15 is 0 Å². The third kappa shape index (κ3) is 3.41. The first-order valence-electron chi connectivity index (χ1n) is 11.7. The second-order valence-corrected chi connectivity index (χ2v) is 9.02. The van der Waals surface area contributed by atoms with Gasteiger partial charge in [0.15, 0.2) is 17.0 Å². The van der Waals surface area contributed by atoms with Crippen LogP contribution >= 0.6 is 0 Å². The molecule has 2 fully saturated rings. The molecule has 9 heteroatoms. The molecule has 2 aliphatic rings. The number of phenols is 1. The number of aliphatic carboxylic acids is 1. The molecule has 2 saturated heterocycles. The third-order valence-electron chi connectivity index (χ3n) is 7.38. The van der Waals surface area contributed by atoms with Crippen molar-refractivity contribution in [3.8, 4) is 11.5 Å². The zero-order valence-corrected chi connectivity index (χ0v) is 20.1. The summed E-state index contributed by atoms with van der Waals surface area (Å²) in [6.07, 6.45) is -0.392. The van der Waals surface area contributed by atoms with Gasteiger partial charge in [-0.1, -0.05) is 44.2 Å². The summed E-state index contributed by atoms with van der Waals surface area (Å²) < 4.78 is 5.20. The normalized spacial score (nSPS) is 26.7. The van der Waals surface area contributed by atoms with Gasteiger partial charge in [-0.25, -0.2) is 4.90 Å². The lowest BCUT2D eigenvalue weighted by Crippen LogP contribution is -2.62. The minimum Gasteiger partial charge on any atom is -0.504 e. The van der Waals surface area contributed by atoms with Crippen molar-refractivity contribution in [2.24, 2.45) is 11.8 Å². The Morgan fingerprint density at radius 3 is 2.23 bits per heavy atom. The van der Waals surface area contributed by atoms with Gasteiger partial charge in [0, 0.05) is 11.6 Å². The molecule has 35 heavy (non-hydrogen) atoms. The summed E-state index contributed by atoms with van der Waals surface area (Å²) >= 11 is 0. The molecule has 2 aromatic carbocycles. The van der Waals surface area contributed by atoms with Crippen molar-refractivity contribution < 1.29 is 34.4 Å². The second-order valence-electron chi connectivity index (χ2n) is 9.02. The number of para-hydroxylation sites is 2. The molecule has 0 bridgehead atoms. The number of phenolic OH excluding ortho intramolecular Hbond substituents is 1. The van der Waals surface area contributed by atoms with Gasteiger partial charge >= 0.3 is 5.97 Å². The second kappa shape index (κ2) is 8.98. The number of rotatable bonds is 7. The third-order valence-corrected chi connectivity index (χ3v) is 7.38. The highest BCUT2D eigenvalue weighted by Crippen LogP contribution is 2.53. The zero-order chi connectivity index (χ0) is 25.7. The topological polar surface area (TPSA) is 136 Å². The molecule has 0 radical (unpaired) electrons. The predicted molar refractivity (Wildman–Crippen MR) is 127 cm³/mol. The van der Waals surface area contributed by atoms with Gasteiger partial charge in [-0.15, -0.1) is 0 Å². The number of aliphatic hydroxyl groups is 1. The van der Waals surface area contributed by atoms with Crippen LogP contribution in [-0.4, -0.2) is 51.9 Å². The number of anilines is 1. The van der Waals surface area contributed by atoms with Gasteiger partial charge in [-0.3, -0.25) is 19.7 Å². The van der Waals surface area contributed by atoms with Gasteiger partial charge in [0.2, 0.25) is 11.8 Å². The molecule has 2 amide bonds. The molecule has 4 rings (SSSR count). The fourth-order valence-corrected chi connectivity index (χ4v) is 5.65. The monoisotopic (exact) mass is 482 g/mol. The number of ether oxygens (including phenoxy) is 1. The number of hydrogen-bond donors (Lipinski definition) is 4. The van der Waals surface area contributed by atoms with Gasteiger partial charge in [-0.2, -0.15) is 0 Å². The number of carboxylic acids is 1. The van der Waals surface area contributed by atoms with Crippen molar-refractivity contribution in [3.63, 3.8) is 0 Å². The van der Waals surface area contributed by atoms with Gasteiger partial charge < -0.3 is 20.1 Å². The Balaban J connectivity index is 1.96. The maximum absolute atomic E-state index is 14.0. The number of aryl methyl sites for hydroxylation is 2. The fourth-order valence-electron chi connectivity index (χ4n) is 5.65. The Kier molecular flexibility index (Phi) is 6.33. The van der Waals surface area contributed by atoms with Crippen LogP contribution in [0.4, 0.5) is 5.69 Å². The minimum atomic E-state index is -2.14. The highest BCUT2D eigenvalue weighted by Gasteiger charge is 2.71. The summed E-state index contributed by atoms with van der Waals surface area (Å²) in [6.45, 7) is 5.12. The van der Waals surface area contributed by atoms with Crippen molar-refractivity contribution >= 4 is 23.5 Å². The molecule has 0 saturated carbocycles. The van der Waals surface area contributed by atoms with E-state index < -0.39 is 47.3 Å². The highest BCUT2D eigenvalue weighted by molar-refractivity contribution is 6.25. The van der Waals surface area contributed by atoms with Gasteiger partial charge in [0.1, 0.15) is 0 Å². The SMILES string of the molecule is CCc1cccc(CC)c1N1C(=O)C2C(c3cccc(OC)c3O)NC(C(=O)O)(C(C)O)C2C1=O. The maximum atomic E-state index is 14.0. The molecule has 2 aromatic rings. The Labute approximate surface area is 203 Å². The summed E-state index contributed by atoms with van der Waals surface area (Å²) in [4.78, 5) is 41.7. The van der Waals surface area contributed by atoms with E-state index in [0.717, 1.165) is 16.0 Å². The van der Waals surface area contributed by atoms with Crippen molar-refractivity contribution in [3.05, 3.63) is 53.1 Å². The first-order valence-corrected chi connectivity index (χ1v) is 11.7. The molecule has 5 atom stereocenters. The highest BCUT2D eigenvalue weighted by atomic mass is 16.5. The van der Waals surface area contributed by atoms with E-state index in [2.05, 4.69) is 5.32 Å². The van der Waals surface area contributed by atoms with Crippen LogP contribution in [0.2, 0.25) is 0 Å². The van der Waals surface area contributed by atoms with Crippen molar-refractivity contribution in [1.82, 2.24) is 5.32 Å². The molecule has 2 heterocycles. The van der Waals surface area contributed by atoms with Crippen LogP contribution in [0.15, 0.2) is 36.4 Å². The molecule has 186 valence electrons. The maximum Gasteiger partial charge on any atom is 0.327 e. The van der Waals surface area contributed by atoms with E-state index in [-0.39, 0.29) is 17.1 Å². The number of aromatic hydroxyl groups is 1. The fraction of sp³-hybridized carbons (Fsp3) is 0.423. The summed E-state index contributed by atoms with van der Waals surface area (Å²) in [7, 11) is 1.38. The van der Waals surface area contributed by atoms with Crippen LogP contribution in [0.25, 0.3) is 0 Å². The lowest BCUT2D eigenvalue weighted by molar-refractivity contribution is -0.154. The zero-order valence-electron chi connectivity index (χ0n) is 20.1. The predicted octanol–water partition coefficient (Wildman–Crippen LogP) is 2.18. The Morgan fingerprint density at radius 1 is 1.11 bits per heavy atom. The number of fused-ring (bicyclic) bond motifs is 1. The lowest BCUT2D eigenvalue weighted by atomic mass is 9.76. The number of amides is 2. The number of carbonyl (C=O) groups excluding carboxylic acids is 2. The van der Waals surface area contributed by atoms with Crippen LogP contribution in [-0.2, 0) is 27.2 Å². The van der Waals surface area contributed by atoms with Crippen LogP contribution in [0, 0.1) is 11.8 Å². The molecule has 2 aliphatic heterocycles. The summed E-state index contributed by atoms with van der Waals surface area (Å²) in [5.74, 6) is -5.38. The molecule has 0 aromatic heterocycles. The van der Waals surface area contributed by atoms with Crippen molar-refractivity contribution in [2.75, 3.05) is 12.0 Å². The van der Waals surface area contributed by atoms with Crippen LogP contribution in [0.1, 0.15) is 43.5 Å². The van der Waals surface area contributed by atoms with Gasteiger partial charge in [0.25, 0.3) is 0 Å². The molecular formula is C26H30N2O7. The number of nitrogens with one attached hydrogen (secondary N) is 1. The van der Waals surface area contributed by atoms with Gasteiger partial charge in [0.05, 0.1) is 30.7 Å².